The van der Waals surface area contributed by atoms with Gasteiger partial charge in [-0.3, -0.25) is 9.78 Å². The van der Waals surface area contributed by atoms with Crippen molar-refractivity contribution in [3.8, 4) is 0 Å². The van der Waals surface area contributed by atoms with Crippen LogP contribution in [0.3, 0.4) is 0 Å². The highest BCUT2D eigenvalue weighted by atomic mass is 79.9. The Labute approximate surface area is 115 Å². The van der Waals surface area contributed by atoms with Gasteiger partial charge in [0.15, 0.2) is 0 Å². The maximum atomic E-state index is 12.2. The number of amides is 1. The van der Waals surface area contributed by atoms with Crippen LogP contribution in [0.5, 0.6) is 0 Å². The Morgan fingerprint density at radius 3 is 2.83 bits per heavy atom. The topological polar surface area (TPSA) is 33.2 Å². The molecule has 0 N–H and O–H groups in total. The fourth-order valence-corrected chi connectivity index (χ4v) is 2.08. The standard InChI is InChI=1S/C14H13BrN2O/c1-17(10-11-4-3-7-16-9-11)14(18)12-5-2-6-13(15)8-12/h2-9H,10H2,1H3. The Balaban J connectivity index is 2.10. The lowest BCUT2D eigenvalue weighted by molar-refractivity contribution is 0.0785. The third-order valence-corrected chi connectivity index (χ3v) is 3.05. The molecule has 0 aliphatic carbocycles. The number of pyridine rings is 1. The normalized spacial score (nSPS) is 10.1. The number of carbonyl (C=O) groups is 1. The quantitative estimate of drug-likeness (QED) is 0.873. The molecule has 0 spiro atoms. The maximum Gasteiger partial charge on any atom is 0.253 e. The van der Waals surface area contributed by atoms with E-state index in [1.54, 1.807) is 24.3 Å². The van der Waals surface area contributed by atoms with E-state index in [0.29, 0.717) is 12.1 Å². The molecule has 0 saturated carbocycles. The van der Waals surface area contributed by atoms with E-state index in [2.05, 4.69) is 20.9 Å². The summed E-state index contributed by atoms with van der Waals surface area (Å²) in [6.07, 6.45) is 3.49. The summed E-state index contributed by atoms with van der Waals surface area (Å²) >= 11 is 3.37. The van der Waals surface area contributed by atoms with Crippen molar-refractivity contribution in [3.63, 3.8) is 0 Å². The van der Waals surface area contributed by atoms with Gasteiger partial charge in [-0.25, -0.2) is 0 Å². The molecule has 1 aromatic carbocycles. The highest BCUT2D eigenvalue weighted by Gasteiger charge is 2.12. The van der Waals surface area contributed by atoms with Crippen LogP contribution in [0.4, 0.5) is 0 Å². The summed E-state index contributed by atoms with van der Waals surface area (Å²) in [7, 11) is 1.79. The van der Waals surface area contributed by atoms with E-state index >= 15 is 0 Å². The second-order valence-corrected chi connectivity index (χ2v) is 4.95. The van der Waals surface area contributed by atoms with E-state index in [0.717, 1.165) is 10.0 Å². The largest absolute Gasteiger partial charge is 0.337 e. The van der Waals surface area contributed by atoms with Gasteiger partial charge in [0.1, 0.15) is 0 Å². The van der Waals surface area contributed by atoms with Crippen LogP contribution >= 0.6 is 15.9 Å². The molecule has 92 valence electrons. The van der Waals surface area contributed by atoms with Crippen LogP contribution in [-0.4, -0.2) is 22.8 Å². The molecule has 0 unspecified atom stereocenters. The number of carbonyl (C=O) groups excluding carboxylic acids is 1. The number of hydrogen-bond donors (Lipinski definition) is 0. The zero-order chi connectivity index (χ0) is 13.0. The molecule has 0 aliphatic heterocycles. The summed E-state index contributed by atoms with van der Waals surface area (Å²) < 4.78 is 0.906. The molecule has 1 amide bonds. The van der Waals surface area contributed by atoms with Crippen molar-refractivity contribution in [1.29, 1.82) is 0 Å². The Morgan fingerprint density at radius 2 is 2.17 bits per heavy atom. The minimum Gasteiger partial charge on any atom is -0.337 e. The molecular formula is C14H13BrN2O. The average molecular weight is 305 g/mol. The molecule has 2 rings (SSSR count). The molecule has 18 heavy (non-hydrogen) atoms. The number of halogens is 1. The van der Waals surface area contributed by atoms with E-state index < -0.39 is 0 Å². The van der Waals surface area contributed by atoms with Gasteiger partial charge in [-0.1, -0.05) is 28.1 Å². The lowest BCUT2D eigenvalue weighted by atomic mass is 10.2. The van der Waals surface area contributed by atoms with Gasteiger partial charge in [0, 0.05) is 36.0 Å². The molecule has 0 atom stereocenters. The van der Waals surface area contributed by atoms with Gasteiger partial charge < -0.3 is 4.90 Å². The lowest BCUT2D eigenvalue weighted by Gasteiger charge is -2.17. The molecule has 1 aromatic heterocycles. The highest BCUT2D eigenvalue weighted by Crippen LogP contribution is 2.14. The summed E-state index contributed by atoms with van der Waals surface area (Å²) in [6.45, 7) is 0.555. The Hall–Kier alpha value is -1.68. The highest BCUT2D eigenvalue weighted by molar-refractivity contribution is 9.10. The first-order chi connectivity index (χ1) is 8.66. The van der Waals surface area contributed by atoms with Crippen molar-refractivity contribution in [2.24, 2.45) is 0 Å². The summed E-state index contributed by atoms with van der Waals surface area (Å²) in [5.74, 6) is 0.000142. The van der Waals surface area contributed by atoms with Crippen LogP contribution in [0.15, 0.2) is 53.3 Å². The van der Waals surface area contributed by atoms with Gasteiger partial charge in [0.05, 0.1) is 0 Å². The minimum atomic E-state index is 0.000142. The van der Waals surface area contributed by atoms with E-state index in [1.807, 2.05) is 36.4 Å². The Morgan fingerprint density at radius 1 is 1.33 bits per heavy atom. The molecule has 1 heterocycles. The molecule has 2 aromatic rings. The maximum absolute atomic E-state index is 12.2. The third-order valence-electron chi connectivity index (χ3n) is 2.56. The molecule has 3 nitrogen and oxygen atoms in total. The van der Waals surface area contributed by atoms with Gasteiger partial charge in [-0.15, -0.1) is 0 Å². The summed E-state index contributed by atoms with van der Waals surface area (Å²) in [4.78, 5) is 17.9. The minimum absolute atomic E-state index is 0.000142. The van der Waals surface area contributed by atoms with Crippen molar-refractivity contribution in [2.75, 3.05) is 7.05 Å². The first kappa shape index (κ1) is 12.8. The predicted molar refractivity (Wildman–Crippen MR) is 74.2 cm³/mol. The van der Waals surface area contributed by atoms with Crippen LogP contribution in [0.2, 0.25) is 0 Å². The first-order valence-electron chi connectivity index (χ1n) is 5.57. The number of nitrogens with zero attached hydrogens (tertiary/aromatic N) is 2. The van der Waals surface area contributed by atoms with Crippen LogP contribution in [0.1, 0.15) is 15.9 Å². The SMILES string of the molecule is CN(Cc1cccnc1)C(=O)c1cccc(Br)c1. The predicted octanol–water partition coefficient (Wildman–Crippen LogP) is 3.12. The molecular weight excluding hydrogens is 292 g/mol. The molecule has 0 aliphatic rings. The van der Waals surface area contributed by atoms with Gasteiger partial charge >= 0.3 is 0 Å². The van der Waals surface area contributed by atoms with Crippen molar-refractivity contribution in [3.05, 3.63) is 64.4 Å². The smallest absolute Gasteiger partial charge is 0.253 e. The van der Waals surface area contributed by atoms with Crippen LogP contribution < -0.4 is 0 Å². The van der Waals surface area contributed by atoms with Crippen molar-refractivity contribution >= 4 is 21.8 Å². The van der Waals surface area contributed by atoms with Crippen LogP contribution in [0, 0.1) is 0 Å². The first-order valence-corrected chi connectivity index (χ1v) is 6.36. The number of hydrogen-bond acceptors (Lipinski definition) is 2. The summed E-state index contributed by atoms with van der Waals surface area (Å²) in [5, 5.41) is 0. The van der Waals surface area contributed by atoms with Crippen LogP contribution in [-0.2, 0) is 6.54 Å². The van der Waals surface area contributed by atoms with E-state index in [1.165, 1.54) is 0 Å². The van der Waals surface area contributed by atoms with E-state index in [-0.39, 0.29) is 5.91 Å². The molecule has 0 saturated heterocycles. The molecule has 4 heteroatoms. The summed E-state index contributed by atoms with van der Waals surface area (Å²) in [5.41, 5.74) is 1.69. The second-order valence-electron chi connectivity index (χ2n) is 4.03. The number of benzene rings is 1. The van der Waals surface area contributed by atoms with Crippen molar-refractivity contribution in [2.45, 2.75) is 6.54 Å². The van der Waals surface area contributed by atoms with E-state index in [9.17, 15) is 4.79 Å². The van der Waals surface area contributed by atoms with Gasteiger partial charge in [0.2, 0.25) is 0 Å². The number of rotatable bonds is 3. The van der Waals surface area contributed by atoms with Crippen molar-refractivity contribution < 1.29 is 4.79 Å². The Kier molecular flexibility index (Phi) is 4.10. The van der Waals surface area contributed by atoms with E-state index in [4.69, 9.17) is 0 Å². The van der Waals surface area contributed by atoms with Crippen LogP contribution in [0.25, 0.3) is 0 Å². The summed E-state index contributed by atoms with van der Waals surface area (Å²) in [6, 6.07) is 11.2. The lowest BCUT2D eigenvalue weighted by Crippen LogP contribution is -2.26. The fourth-order valence-electron chi connectivity index (χ4n) is 1.68. The fraction of sp³-hybridized carbons (Fsp3) is 0.143. The molecule has 0 bridgehead atoms. The Bertz CT molecular complexity index is 543. The van der Waals surface area contributed by atoms with Gasteiger partial charge in [-0.05, 0) is 29.8 Å². The van der Waals surface area contributed by atoms with Gasteiger partial charge in [-0.2, -0.15) is 0 Å². The average Bonchev–Trinajstić information content (AvgIpc) is 2.39. The van der Waals surface area contributed by atoms with Crippen molar-refractivity contribution in [1.82, 2.24) is 9.88 Å². The molecule has 0 fully saturated rings. The number of aromatic nitrogens is 1. The second kappa shape index (κ2) is 5.78. The third kappa shape index (κ3) is 3.17. The molecule has 0 radical (unpaired) electrons. The zero-order valence-electron chi connectivity index (χ0n) is 10.0. The zero-order valence-corrected chi connectivity index (χ0v) is 11.6. The van der Waals surface area contributed by atoms with Gasteiger partial charge in [0.25, 0.3) is 5.91 Å². The monoisotopic (exact) mass is 304 g/mol.